The molecule has 0 aliphatic carbocycles. The third-order valence-electron chi connectivity index (χ3n) is 5.20. The van der Waals surface area contributed by atoms with Crippen LogP contribution in [0.2, 0.25) is 5.02 Å². The molecule has 1 aliphatic rings. The highest BCUT2D eigenvalue weighted by Crippen LogP contribution is 2.22. The van der Waals surface area contributed by atoms with Crippen molar-refractivity contribution in [3.05, 3.63) is 70.9 Å². The van der Waals surface area contributed by atoms with Crippen LogP contribution in [-0.2, 0) is 11.2 Å². The van der Waals surface area contributed by atoms with E-state index in [1.807, 2.05) is 61.5 Å². The number of aryl methyl sites for hydroxylation is 2. The number of hydrogen-bond donors (Lipinski definition) is 2. The zero-order valence-electron chi connectivity index (χ0n) is 17.6. The number of hydrogen-bond acceptors (Lipinski definition) is 5. The largest absolute Gasteiger partial charge is 0.341 e. The number of benzene rings is 2. The Morgan fingerprint density at radius 3 is 2.52 bits per heavy atom. The van der Waals surface area contributed by atoms with Gasteiger partial charge in [0.2, 0.25) is 11.9 Å². The van der Waals surface area contributed by atoms with Crippen molar-refractivity contribution in [1.29, 1.82) is 0 Å². The Labute approximate surface area is 187 Å². The number of aromatic nitrogens is 2. The zero-order valence-corrected chi connectivity index (χ0v) is 18.3. The van der Waals surface area contributed by atoms with E-state index in [1.54, 1.807) is 0 Å². The van der Waals surface area contributed by atoms with Crippen LogP contribution in [0.1, 0.15) is 30.5 Å². The monoisotopic (exact) mass is 435 g/mol. The van der Waals surface area contributed by atoms with Gasteiger partial charge in [-0.3, -0.25) is 4.79 Å². The topological polar surface area (TPSA) is 70.2 Å². The molecule has 1 aromatic heterocycles. The van der Waals surface area contributed by atoms with E-state index in [1.165, 1.54) is 12.8 Å². The van der Waals surface area contributed by atoms with Crippen molar-refractivity contribution in [2.24, 2.45) is 0 Å². The van der Waals surface area contributed by atoms with Crippen LogP contribution in [-0.4, -0.2) is 29.0 Å². The van der Waals surface area contributed by atoms with Crippen molar-refractivity contribution in [2.45, 2.75) is 32.6 Å². The minimum atomic E-state index is -0.0256. The number of carbonyl (C=O) groups excluding carboxylic acids is 1. The summed E-state index contributed by atoms with van der Waals surface area (Å²) >= 11 is 6.00. The van der Waals surface area contributed by atoms with Crippen molar-refractivity contribution in [1.82, 2.24) is 9.97 Å². The van der Waals surface area contributed by atoms with Gasteiger partial charge in [-0.1, -0.05) is 23.7 Å². The predicted molar refractivity (Wildman–Crippen MR) is 126 cm³/mol. The number of carbonyl (C=O) groups is 1. The Bertz CT molecular complexity index is 1050. The molecule has 0 atom stereocenters. The van der Waals surface area contributed by atoms with Gasteiger partial charge in [0.1, 0.15) is 5.82 Å². The minimum Gasteiger partial charge on any atom is -0.341 e. The second-order valence-electron chi connectivity index (χ2n) is 7.77. The molecule has 1 amide bonds. The van der Waals surface area contributed by atoms with Crippen LogP contribution in [0, 0.1) is 6.92 Å². The summed E-state index contributed by atoms with van der Waals surface area (Å²) in [6, 6.07) is 17.2. The lowest BCUT2D eigenvalue weighted by molar-refractivity contribution is -0.116. The highest BCUT2D eigenvalue weighted by atomic mass is 35.5. The van der Waals surface area contributed by atoms with Gasteiger partial charge < -0.3 is 15.5 Å². The van der Waals surface area contributed by atoms with Gasteiger partial charge in [0.05, 0.1) is 0 Å². The average molecular weight is 436 g/mol. The lowest BCUT2D eigenvalue weighted by atomic mass is 10.1. The molecule has 7 heteroatoms. The molecule has 2 aromatic carbocycles. The maximum Gasteiger partial charge on any atom is 0.227 e. The Balaban J connectivity index is 1.33. The third kappa shape index (κ3) is 5.95. The molecule has 1 saturated heterocycles. The van der Waals surface area contributed by atoms with E-state index in [9.17, 15) is 4.79 Å². The number of anilines is 4. The van der Waals surface area contributed by atoms with Crippen LogP contribution in [0.3, 0.4) is 0 Å². The average Bonchev–Trinajstić information content (AvgIpc) is 3.28. The lowest BCUT2D eigenvalue weighted by Gasteiger charge is -2.17. The van der Waals surface area contributed by atoms with Crippen LogP contribution in [0.4, 0.5) is 23.1 Å². The summed E-state index contributed by atoms with van der Waals surface area (Å²) < 4.78 is 0. The summed E-state index contributed by atoms with van der Waals surface area (Å²) in [5.41, 5.74) is 3.65. The molecule has 0 bridgehead atoms. The van der Waals surface area contributed by atoms with Crippen LogP contribution >= 0.6 is 11.6 Å². The molecule has 0 saturated carbocycles. The fourth-order valence-corrected chi connectivity index (χ4v) is 3.85. The normalized spacial score (nSPS) is 13.3. The van der Waals surface area contributed by atoms with E-state index in [4.69, 9.17) is 11.6 Å². The first-order chi connectivity index (χ1) is 15.0. The lowest BCUT2D eigenvalue weighted by Crippen LogP contribution is -2.21. The summed E-state index contributed by atoms with van der Waals surface area (Å²) in [4.78, 5) is 23.7. The van der Waals surface area contributed by atoms with Crippen LogP contribution in [0.5, 0.6) is 0 Å². The Morgan fingerprint density at radius 1 is 1.03 bits per heavy atom. The van der Waals surface area contributed by atoms with Crippen molar-refractivity contribution < 1.29 is 4.79 Å². The van der Waals surface area contributed by atoms with Gasteiger partial charge in [-0.2, -0.15) is 4.98 Å². The van der Waals surface area contributed by atoms with Gasteiger partial charge in [0.15, 0.2) is 0 Å². The molecule has 2 N–H and O–H groups in total. The first-order valence-electron chi connectivity index (χ1n) is 10.6. The summed E-state index contributed by atoms with van der Waals surface area (Å²) in [5, 5.41) is 6.97. The maximum absolute atomic E-state index is 12.3. The summed E-state index contributed by atoms with van der Waals surface area (Å²) in [6.07, 6.45) is 3.43. The van der Waals surface area contributed by atoms with Gasteiger partial charge in [0.25, 0.3) is 0 Å². The standard InChI is InChI=1S/C24H26ClN5O/c1-17-15-22(29-24(26-17)30-13-2-3-14-30)27-20-8-10-21(11-9-20)28-23(31)12-7-18-5-4-6-19(25)16-18/h4-6,8-11,15-16H,2-3,7,12-14H2,1H3,(H,28,31)(H,26,27,29). The fraction of sp³-hybridized carbons (Fsp3) is 0.292. The van der Waals surface area contributed by atoms with E-state index in [2.05, 4.69) is 25.5 Å². The van der Waals surface area contributed by atoms with Crippen molar-refractivity contribution >= 4 is 40.6 Å². The minimum absolute atomic E-state index is 0.0256. The predicted octanol–water partition coefficient (Wildman–Crippen LogP) is 5.35. The summed E-state index contributed by atoms with van der Waals surface area (Å²) in [7, 11) is 0. The van der Waals surface area contributed by atoms with Crippen LogP contribution in [0.15, 0.2) is 54.6 Å². The quantitative estimate of drug-likeness (QED) is 0.523. The van der Waals surface area contributed by atoms with Crippen molar-refractivity contribution in [2.75, 3.05) is 28.6 Å². The second kappa shape index (κ2) is 9.79. The van der Waals surface area contributed by atoms with E-state index < -0.39 is 0 Å². The highest BCUT2D eigenvalue weighted by Gasteiger charge is 2.16. The first-order valence-corrected chi connectivity index (χ1v) is 10.9. The Morgan fingerprint density at radius 2 is 1.77 bits per heavy atom. The van der Waals surface area contributed by atoms with Crippen molar-refractivity contribution in [3.63, 3.8) is 0 Å². The smallest absolute Gasteiger partial charge is 0.227 e. The summed E-state index contributed by atoms with van der Waals surface area (Å²) in [5.74, 6) is 1.53. The molecule has 1 fully saturated rings. The molecule has 6 nitrogen and oxygen atoms in total. The zero-order chi connectivity index (χ0) is 21.6. The van der Waals surface area contributed by atoms with Crippen molar-refractivity contribution in [3.8, 4) is 0 Å². The molecule has 0 radical (unpaired) electrons. The number of amides is 1. The summed E-state index contributed by atoms with van der Waals surface area (Å²) in [6.45, 7) is 4.00. The van der Waals surface area contributed by atoms with E-state index >= 15 is 0 Å². The van der Waals surface area contributed by atoms with E-state index in [0.29, 0.717) is 17.9 Å². The van der Waals surface area contributed by atoms with Gasteiger partial charge in [-0.15, -0.1) is 0 Å². The number of rotatable bonds is 7. The fourth-order valence-electron chi connectivity index (χ4n) is 3.63. The van der Waals surface area contributed by atoms with Gasteiger partial charge in [0, 0.05) is 47.7 Å². The molecule has 4 rings (SSSR count). The van der Waals surface area contributed by atoms with Crippen LogP contribution < -0.4 is 15.5 Å². The Kier molecular flexibility index (Phi) is 6.67. The molecule has 31 heavy (non-hydrogen) atoms. The maximum atomic E-state index is 12.3. The number of nitrogens with one attached hydrogen (secondary N) is 2. The van der Waals surface area contributed by atoms with Gasteiger partial charge in [-0.25, -0.2) is 4.98 Å². The van der Waals surface area contributed by atoms with Gasteiger partial charge in [-0.05, 0) is 68.1 Å². The molecular formula is C24H26ClN5O. The number of nitrogens with zero attached hydrogens (tertiary/aromatic N) is 3. The highest BCUT2D eigenvalue weighted by molar-refractivity contribution is 6.30. The van der Waals surface area contributed by atoms with Crippen LogP contribution in [0.25, 0.3) is 0 Å². The molecule has 1 aliphatic heterocycles. The molecule has 3 aromatic rings. The molecular weight excluding hydrogens is 410 g/mol. The second-order valence-corrected chi connectivity index (χ2v) is 8.21. The molecule has 0 spiro atoms. The van der Waals surface area contributed by atoms with E-state index in [-0.39, 0.29) is 5.91 Å². The molecule has 2 heterocycles. The first kappa shape index (κ1) is 21.1. The van der Waals surface area contributed by atoms with Gasteiger partial charge >= 0.3 is 0 Å². The SMILES string of the molecule is Cc1cc(Nc2ccc(NC(=O)CCc3cccc(Cl)c3)cc2)nc(N2CCCC2)n1. The van der Waals surface area contributed by atoms with E-state index in [0.717, 1.165) is 47.5 Å². The molecule has 160 valence electrons. The third-order valence-corrected chi connectivity index (χ3v) is 5.44. The number of halogens is 1. The Hall–Kier alpha value is -3.12. The molecule has 0 unspecified atom stereocenters.